The monoisotopic (exact) mass is 273 g/mol. The molecule has 14 heavy (non-hydrogen) atoms. The molecule has 0 spiro atoms. The summed E-state index contributed by atoms with van der Waals surface area (Å²) in [6, 6.07) is 7.10. The molecule has 0 saturated heterocycles. The fraction of sp³-hybridized carbons (Fsp3) is 0.300. The van der Waals surface area contributed by atoms with Gasteiger partial charge in [-0.15, -0.1) is 0 Å². The molecule has 2 unspecified atom stereocenters. The number of aliphatic hydroxyl groups is 1. The van der Waals surface area contributed by atoms with Crippen molar-refractivity contribution in [2.45, 2.75) is 13.0 Å². The molecule has 0 heterocycles. The highest BCUT2D eigenvalue weighted by Gasteiger charge is 2.18. The van der Waals surface area contributed by atoms with Crippen LogP contribution in [0.15, 0.2) is 22.7 Å². The maximum atomic E-state index is 9.77. The molecule has 1 N–H and O–H groups in total. The van der Waals surface area contributed by atoms with Crippen molar-refractivity contribution in [2.24, 2.45) is 5.92 Å². The summed E-state index contributed by atoms with van der Waals surface area (Å²) in [5, 5.41) is 19.0. The predicted molar refractivity (Wildman–Crippen MR) is 58.9 cm³/mol. The van der Waals surface area contributed by atoms with Crippen molar-refractivity contribution in [1.82, 2.24) is 0 Å². The molecule has 0 aromatic heterocycles. The van der Waals surface area contributed by atoms with Crippen LogP contribution in [0, 0.1) is 17.2 Å². The van der Waals surface area contributed by atoms with Crippen LogP contribution >= 0.6 is 27.5 Å². The molecule has 1 aromatic carbocycles. The van der Waals surface area contributed by atoms with Gasteiger partial charge in [-0.2, -0.15) is 5.26 Å². The molecular weight excluding hydrogens is 265 g/mol. The topological polar surface area (TPSA) is 44.0 Å². The van der Waals surface area contributed by atoms with Gasteiger partial charge in [0.1, 0.15) is 0 Å². The first-order chi connectivity index (χ1) is 6.56. The highest BCUT2D eigenvalue weighted by molar-refractivity contribution is 9.10. The van der Waals surface area contributed by atoms with Crippen molar-refractivity contribution < 1.29 is 5.11 Å². The number of nitriles is 1. The van der Waals surface area contributed by atoms with Gasteiger partial charge in [0.2, 0.25) is 0 Å². The molecule has 0 bridgehead atoms. The van der Waals surface area contributed by atoms with Gasteiger partial charge in [-0.25, -0.2) is 0 Å². The van der Waals surface area contributed by atoms with Crippen LogP contribution in [-0.2, 0) is 0 Å². The lowest BCUT2D eigenvalue weighted by atomic mass is 9.99. The molecule has 0 fully saturated rings. The summed E-state index contributed by atoms with van der Waals surface area (Å²) in [6.07, 6.45) is -0.786. The zero-order valence-electron chi connectivity index (χ0n) is 7.54. The molecule has 2 nitrogen and oxygen atoms in total. The normalized spacial score (nSPS) is 14.5. The second-order valence-corrected chi connectivity index (χ2v) is 4.32. The van der Waals surface area contributed by atoms with Crippen molar-refractivity contribution in [1.29, 1.82) is 5.26 Å². The van der Waals surface area contributed by atoms with E-state index in [4.69, 9.17) is 16.9 Å². The molecule has 1 rings (SSSR count). The van der Waals surface area contributed by atoms with E-state index in [2.05, 4.69) is 15.9 Å². The average molecular weight is 275 g/mol. The lowest BCUT2D eigenvalue weighted by Gasteiger charge is -2.14. The number of hydrogen-bond acceptors (Lipinski definition) is 2. The summed E-state index contributed by atoms with van der Waals surface area (Å²) in [7, 11) is 0. The quantitative estimate of drug-likeness (QED) is 0.899. The molecule has 0 radical (unpaired) electrons. The van der Waals surface area contributed by atoms with E-state index in [1.54, 1.807) is 25.1 Å². The van der Waals surface area contributed by atoms with Gasteiger partial charge in [0.25, 0.3) is 0 Å². The van der Waals surface area contributed by atoms with Crippen molar-refractivity contribution >= 4 is 27.5 Å². The minimum atomic E-state index is -0.786. The summed E-state index contributed by atoms with van der Waals surface area (Å²) in [6.45, 7) is 1.67. The third-order valence-electron chi connectivity index (χ3n) is 1.96. The fourth-order valence-electron chi connectivity index (χ4n) is 1.08. The van der Waals surface area contributed by atoms with Gasteiger partial charge in [0, 0.05) is 9.50 Å². The van der Waals surface area contributed by atoms with Crippen LogP contribution in [0.4, 0.5) is 0 Å². The third-order valence-corrected chi connectivity index (χ3v) is 2.88. The number of aliphatic hydroxyl groups excluding tert-OH is 1. The molecule has 4 heteroatoms. The van der Waals surface area contributed by atoms with Crippen molar-refractivity contribution in [3.8, 4) is 6.07 Å². The Hall–Kier alpha value is -0.560. The Morgan fingerprint density at radius 1 is 1.57 bits per heavy atom. The zero-order valence-corrected chi connectivity index (χ0v) is 9.88. The van der Waals surface area contributed by atoms with Crippen LogP contribution in [0.1, 0.15) is 18.6 Å². The number of nitrogens with zero attached hydrogens (tertiary/aromatic N) is 1. The maximum absolute atomic E-state index is 9.77. The maximum Gasteiger partial charge on any atom is 0.0956 e. The largest absolute Gasteiger partial charge is 0.387 e. The second kappa shape index (κ2) is 4.79. The number of benzene rings is 1. The Morgan fingerprint density at radius 3 is 2.71 bits per heavy atom. The summed E-state index contributed by atoms with van der Waals surface area (Å²) in [5.41, 5.74) is 0.684. The van der Waals surface area contributed by atoms with E-state index in [0.717, 1.165) is 4.47 Å². The minimum Gasteiger partial charge on any atom is -0.387 e. The zero-order chi connectivity index (χ0) is 10.7. The Labute approximate surface area is 96.2 Å². The van der Waals surface area contributed by atoms with E-state index >= 15 is 0 Å². The van der Waals surface area contributed by atoms with Crippen LogP contribution in [0.5, 0.6) is 0 Å². The molecule has 74 valence electrons. The molecule has 0 saturated carbocycles. The Bertz CT molecular complexity index is 375. The smallest absolute Gasteiger partial charge is 0.0956 e. The SMILES string of the molecule is CC(C#N)C(O)c1ccc(Cl)cc1Br. The van der Waals surface area contributed by atoms with E-state index in [1.165, 1.54) is 0 Å². The molecule has 0 aliphatic rings. The highest BCUT2D eigenvalue weighted by atomic mass is 79.9. The standard InChI is InChI=1S/C10H9BrClNO/c1-6(5-13)10(14)8-3-2-7(12)4-9(8)11/h2-4,6,10,14H,1H3. The highest BCUT2D eigenvalue weighted by Crippen LogP contribution is 2.30. The number of hydrogen-bond donors (Lipinski definition) is 1. The third kappa shape index (κ3) is 2.48. The first-order valence-corrected chi connectivity index (χ1v) is 5.26. The van der Waals surface area contributed by atoms with Gasteiger partial charge in [-0.1, -0.05) is 33.6 Å². The van der Waals surface area contributed by atoms with E-state index in [-0.39, 0.29) is 0 Å². The lowest BCUT2D eigenvalue weighted by molar-refractivity contribution is 0.142. The Balaban J connectivity index is 3.03. The average Bonchev–Trinajstić information content (AvgIpc) is 2.15. The molecule has 1 aromatic rings. The first-order valence-electron chi connectivity index (χ1n) is 4.09. The van der Waals surface area contributed by atoms with Gasteiger partial charge in [-0.3, -0.25) is 0 Å². The molecule has 0 aliphatic carbocycles. The van der Waals surface area contributed by atoms with Crippen LogP contribution < -0.4 is 0 Å². The summed E-state index contributed by atoms with van der Waals surface area (Å²) in [4.78, 5) is 0. The molecule has 2 atom stereocenters. The number of rotatable bonds is 2. The minimum absolute atomic E-state index is 0.438. The van der Waals surface area contributed by atoms with E-state index < -0.39 is 12.0 Å². The second-order valence-electron chi connectivity index (χ2n) is 3.03. The van der Waals surface area contributed by atoms with E-state index in [1.807, 2.05) is 6.07 Å². The summed E-state index contributed by atoms with van der Waals surface area (Å²) in [5.74, 6) is -0.438. The fourth-order valence-corrected chi connectivity index (χ4v) is 2.00. The summed E-state index contributed by atoms with van der Waals surface area (Å²) < 4.78 is 0.722. The van der Waals surface area contributed by atoms with Crippen molar-refractivity contribution in [3.63, 3.8) is 0 Å². The van der Waals surface area contributed by atoms with Gasteiger partial charge < -0.3 is 5.11 Å². The van der Waals surface area contributed by atoms with Crippen molar-refractivity contribution in [2.75, 3.05) is 0 Å². The number of halogens is 2. The van der Waals surface area contributed by atoms with Crippen molar-refractivity contribution in [3.05, 3.63) is 33.3 Å². The van der Waals surface area contributed by atoms with E-state index in [0.29, 0.717) is 10.6 Å². The van der Waals surface area contributed by atoms with Crippen LogP contribution in [0.25, 0.3) is 0 Å². The predicted octanol–water partition coefficient (Wildman–Crippen LogP) is 3.30. The van der Waals surface area contributed by atoms with Crippen LogP contribution in [0.3, 0.4) is 0 Å². The Kier molecular flexibility index (Phi) is 3.94. The van der Waals surface area contributed by atoms with Crippen LogP contribution in [-0.4, -0.2) is 5.11 Å². The van der Waals surface area contributed by atoms with Gasteiger partial charge >= 0.3 is 0 Å². The van der Waals surface area contributed by atoms with E-state index in [9.17, 15) is 5.11 Å². The van der Waals surface area contributed by atoms with Crippen LogP contribution in [0.2, 0.25) is 5.02 Å². The molecular formula is C10H9BrClNO. The Morgan fingerprint density at radius 2 is 2.21 bits per heavy atom. The van der Waals surface area contributed by atoms with Gasteiger partial charge in [-0.05, 0) is 24.6 Å². The molecule has 0 aliphatic heterocycles. The van der Waals surface area contributed by atoms with Gasteiger partial charge in [0.05, 0.1) is 18.1 Å². The molecule has 0 amide bonds. The first kappa shape index (κ1) is 11.5. The van der Waals surface area contributed by atoms with Gasteiger partial charge in [0.15, 0.2) is 0 Å². The lowest BCUT2D eigenvalue weighted by Crippen LogP contribution is -2.07. The summed E-state index contributed by atoms with van der Waals surface area (Å²) >= 11 is 9.05.